The number of hydrazone groups is 1. The van der Waals surface area contributed by atoms with Crippen LogP contribution in [0.15, 0.2) is 52.3 Å². The van der Waals surface area contributed by atoms with Gasteiger partial charge in [0.25, 0.3) is 0 Å². The third kappa shape index (κ3) is 2.90. The number of rotatable bonds is 4. The fraction of sp³-hybridized carbons (Fsp3) is 0.200. The van der Waals surface area contributed by atoms with Crippen LogP contribution in [-0.2, 0) is 4.79 Å². The number of benzene rings is 1. The molecule has 1 aliphatic carbocycles. The Hall–Kier alpha value is -1.94. The molecule has 2 unspecified atom stereocenters. The Kier molecular flexibility index (Phi) is 3.42. The van der Waals surface area contributed by atoms with Crippen molar-refractivity contribution >= 4 is 23.5 Å². The molecule has 0 saturated heterocycles. The van der Waals surface area contributed by atoms with E-state index in [1.165, 1.54) is 5.56 Å². The minimum Gasteiger partial charge on any atom is -0.273 e. The van der Waals surface area contributed by atoms with E-state index < -0.39 is 0 Å². The smallest absolute Gasteiger partial charge is 0.243 e. The molecule has 3 rings (SSSR count). The number of nitrogens with one attached hydrogen (secondary N) is 1. The molecule has 3 nitrogen and oxygen atoms in total. The van der Waals surface area contributed by atoms with Crippen LogP contribution in [0.25, 0.3) is 0 Å². The molecule has 1 heterocycles. The first-order chi connectivity index (χ1) is 9.34. The maximum absolute atomic E-state index is 11.9. The molecule has 0 radical (unpaired) electrons. The van der Waals surface area contributed by atoms with E-state index in [9.17, 15) is 4.79 Å². The largest absolute Gasteiger partial charge is 0.273 e. The van der Waals surface area contributed by atoms with Crippen LogP contribution >= 0.6 is 11.3 Å². The molecule has 1 aromatic carbocycles. The number of hydrogen-bond acceptors (Lipinski definition) is 3. The van der Waals surface area contributed by atoms with Gasteiger partial charge in [0.2, 0.25) is 5.91 Å². The number of amides is 1. The number of thiophene rings is 1. The van der Waals surface area contributed by atoms with Gasteiger partial charge in [0.15, 0.2) is 0 Å². The predicted molar refractivity (Wildman–Crippen MR) is 77.3 cm³/mol. The van der Waals surface area contributed by atoms with Crippen LogP contribution in [0.1, 0.15) is 23.5 Å². The zero-order chi connectivity index (χ0) is 13.1. The lowest BCUT2D eigenvalue weighted by molar-refractivity contribution is -0.122. The first kappa shape index (κ1) is 12.1. The summed E-state index contributed by atoms with van der Waals surface area (Å²) < 4.78 is 0. The number of nitrogens with zero attached hydrogens (tertiary/aromatic N) is 1. The quantitative estimate of drug-likeness (QED) is 0.673. The van der Waals surface area contributed by atoms with Crippen molar-refractivity contribution in [3.8, 4) is 0 Å². The van der Waals surface area contributed by atoms with Crippen molar-refractivity contribution in [1.82, 2.24) is 5.43 Å². The maximum atomic E-state index is 11.9. The van der Waals surface area contributed by atoms with E-state index in [4.69, 9.17) is 0 Å². The number of carbonyl (C=O) groups is 1. The Bertz CT molecular complexity index is 577. The number of hydrogen-bond donors (Lipinski definition) is 1. The average molecular weight is 270 g/mol. The second-order valence-electron chi connectivity index (χ2n) is 4.65. The van der Waals surface area contributed by atoms with Gasteiger partial charge in [-0.15, -0.1) is 0 Å². The second kappa shape index (κ2) is 5.36. The number of carbonyl (C=O) groups excluding carboxylic acids is 1. The third-order valence-electron chi connectivity index (χ3n) is 3.29. The van der Waals surface area contributed by atoms with Crippen molar-refractivity contribution in [2.45, 2.75) is 12.3 Å². The van der Waals surface area contributed by atoms with Gasteiger partial charge in [0, 0.05) is 11.5 Å². The normalized spacial score (nSPS) is 21.5. The van der Waals surface area contributed by atoms with Crippen LogP contribution in [-0.4, -0.2) is 12.1 Å². The molecule has 0 aliphatic heterocycles. The first-order valence-electron chi connectivity index (χ1n) is 6.24. The van der Waals surface area contributed by atoms with Crippen LogP contribution < -0.4 is 5.43 Å². The molecular weight excluding hydrogens is 256 g/mol. The highest BCUT2D eigenvalue weighted by Crippen LogP contribution is 2.47. The zero-order valence-electron chi connectivity index (χ0n) is 10.3. The van der Waals surface area contributed by atoms with Gasteiger partial charge < -0.3 is 0 Å². The third-order valence-corrected chi connectivity index (χ3v) is 3.99. The van der Waals surface area contributed by atoms with E-state index in [0.717, 1.165) is 12.0 Å². The van der Waals surface area contributed by atoms with E-state index in [0.29, 0.717) is 5.92 Å². The minimum atomic E-state index is 0.0142. The van der Waals surface area contributed by atoms with Gasteiger partial charge in [-0.1, -0.05) is 30.3 Å². The summed E-state index contributed by atoms with van der Waals surface area (Å²) in [5.41, 5.74) is 4.87. The summed E-state index contributed by atoms with van der Waals surface area (Å²) in [7, 11) is 0. The predicted octanol–water partition coefficient (Wildman–Crippen LogP) is 3.00. The topological polar surface area (TPSA) is 41.5 Å². The van der Waals surface area contributed by atoms with Gasteiger partial charge in [-0.3, -0.25) is 4.79 Å². The van der Waals surface area contributed by atoms with Gasteiger partial charge in [0.05, 0.1) is 6.21 Å². The van der Waals surface area contributed by atoms with Crippen molar-refractivity contribution in [1.29, 1.82) is 0 Å². The summed E-state index contributed by atoms with van der Waals surface area (Å²) in [6.45, 7) is 0. The molecule has 96 valence electrons. The standard InChI is InChI=1S/C15H14N2OS/c18-15(17-16-9-11-6-7-19-10-11)14-8-13(14)12-4-2-1-3-5-12/h1-7,9-10,13-14H,8H2,(H,17,18)/b16-9+. The molecule has 0 bridgehead atoms. The Morgan fingerprint density at radius 1 is 1.32 bits per heavy atom. The van der Waals surface area contributed by atoms with E-state index >= 15 is 0 Å². The van der Waals surface area contributed by atoms with E-state index in [1.807, 2.05) is 35.0 Å². The molecule has 1 aromatic heterocycles. The van der Waals surface area contributed by atoms with Crippen LogP contribution in [0.3, 0.4) is 0 Å². The summed E-state index contributed by atoms with van der Waals surface area (Å²) in [4.78, 5) is 11.9. The Morgan fingerprint density at radius 3 is 2.89 bits per heavy atom. The average Bonchev–Trinajstić information content (AvgIpc) is 3.09. The van der Waals surface area contributed by atoms with E-state index in [1.54, 1.807) is 17.6 Å². The highest BCUT2D eigenvalue weighted by molar-refractivity contribution is 7.08. The van der Waals surface area contributed by atoms with Gasteiger partial charge in [-0.05, 0) is 34.7 Å². The van der Waals surface area contributed by atoms with E-state index in [-0.39, 0.29) is 11.8 Å². The highest BCUT2D eigenvalue weighted by atomic mass is 32.1. The van der Waals surface area contributed by atoms with Gasteiger partial charge in [0.1, 0.15) is 0 Å². The van der Waals surface area contributed by atoms with Crippen LogP contribution in [0, 0.1) is 5.92 Å². The maximum Gasteiger partial charge on any atom is 0.243 e. The van der Waals surface area contributed by atoms with Crippen molar-refractivity contribution in [3.63, 3.8) is 0 Å². The molecule has 2 atom stereocenters. The van der Waals surface area contributed by atoms with Gasteiger partial charge in [-0.2, -0.15) is 16.4 Å². The van der Waals surface area contributed by atoms with Crippen molar-refractivity contribution in [2.24, 2.45) is 11.0 Å². The van der Waals surface area contributed by atoms with Gasteiger partial charge >= 0.3 is 0 Å². The molecular formula is C15H14N2OS. The monoisotopic (exact) mass is 270 g/mol. The summed E-state index contributed by atoms with van der Waals surface area (Å²) in [5, 5.41) is 7.95. The van der Waals surface area contributed by atoms with Gasteiger partial charge in [-0.25, -0.2) is 5.43 Å². The molecule has 1 saturated carbocycles. The fourth-order valence-corrected chi connectivity index (χ4v) is 2.77. The molecule has 4 heteroatoms. The molecule has 1 amide bonds. The van der Waals surface area contributed by atoms with Crippen molar-refractivity contribution in [3.05, 3.63) is 58.3 Å². The van der Waals surface area contributed by atoms with E-state index in [2.05, 4.69) is 22.7 Å². The second-order valence-corrected chi connectivity index (χ2v) is 5.43. The fourth-order valence-electron chi connectivity index (χ4n) is 2.16. The molecule has 1 aliphatic rings. The molecule has 0 spiro atoms. The first-order valence-corrected chi connectivity index (χ1v) is 7.19. The Labute approximate surface area is 116 Å². The van der Waals surface area contributed by atoms with Crippen LogP contribution in [0.4, 0.5) is 0 Å². The Morgan fingerprint density at radius 2 is 2.16 bits per heavy atom. The molecule has 19 heavy (non-hydrogen) atoms. The summed E-state index contributed by atoms with van der Waals surface area (Å²) in [6, 6.07) is 12.1. The Balaban J connectivity index is 1.53. The van der Waals surface area contributed by atoms with Crippen LogP contribution in [0.2, 0.25) is 0 Å². The summed E-state index contributed by atoms with van der Waals surface area (Å²) in [6.07, 6.45) is 2.60. The molecule has 2 aromatic rings. The summed E-state index contributed by atoms with van der Waals surface area (Å²) in [5.74, 6) is 0.444. The van der Waals surface area contributed by atoms with Crippen molar-refractivity contribution in [2.75, 3.05) is 0 Å². The summed E-state index contributed by atoms with van der Waals surface area (Å²) >= 11 is 1.61. The SMILES string of the molecule is O=C(N/N=C/c1ccsc1)C1CC1c1ccccc1. The van der Waals surface area contributed by atoms with Crippen molar-refractivity contribution < 1.29 is 4.79 Å². The lowest BCUT2D eigenvalue weighted by Gasteiger charge is -1.99. The zero-order valence-corrected chi connectivity index (χ0v) is 11.1. The lowest BCUT2D eigenvalue weighted by atomic mass is 10.1. The highest BCUT2D eigenvalue weighted by Gasteiger charge is 2.43. The molecule has 1 fully saturated rings. The van der Waals surface area contributed by atoms with Crippen LogP contribution in [0.5, 0.6) is 0 Å². The lowest BCUT2D eigenvalue weighted by Crippen LogP contribution is -2.20. The molecule has 1 N–H and O–H groups in total. The minimum absolute atomic E-state index is 0.0142.